The number of rotatable bonds is 6. The number of nitrogens with two attached hydrogens (primary N) is 1. The van der Waals surface area contributed by atoms with Gasteiger partial charge in [0.05, 0.1) is 0 Å². The van der Waals surface area contributed by atoms with Crippen LogP contribution >= 0.6 is 0 Å². The molecule has 1 atom stereocenters. The zero-order valence-electron chi connectivity index (χ0n) is 8.68. The average molecular weight is 199 g/mol. The molecule has 6 heteroatoms. The minimum Gasteiger partial charge on any atom is -0.373 e. The van der Waals surface area contributed by atoms with Gasteiger partial charge in [0, 0.05) is 13.7 Å². The van der Waals surface area contributed by atoms with Crippen molar-refractivity contribution in [2.45, 2.75) is 32.4 Å². The minimum atomic E-state index is -0.0252. The molecule has 1 unspecified atom stereocenters. The Labute approximate surface area is 83.4 Å². The Kier molecular flexibility index (Phi) is 4.48. The Morgan fingerprint density at radius 3 is 2.93 bits per heavy atom. The van der Waals surface area contributed by atoms with E-state index in [1.807, 2.05) is 6.92 Å². The SMILES string of the molecule is CCC(OC)c1nnnn1CCCN. The molecular weight excluding hydrogens is 182 g/mol. The maximum Gasteiger partial charge on any atom is 0.180 e. The van der Waals surface area contributed by atoms with Crippen molar-refractivity contribution in [1.29, 1.82) is 0 Å². The molecule has 0 saturated carbocycles. The first-order valence-corrected chi connectivity index (χ1v) is 4.82. The molecule has 0 radical (unpaired) electrons. The van der Waals surface area contributed by atoms with Crippen LogP contribution in [0.25, 0.3) is 0 Å². The highest BCUT2D eigenvalue weighted by Crippen LogP contribution is 2.16. The normalized spacial score (nSPS) is 13.1. The summed E-state index contributed by atoms with van der Waals surface area (Å²) in [4.78, 5) is 0. The Hall–Kier alpha value is -1.01. The predicted molar refractivity (Wildman–Crippen MR) is 51.5 cm³/mol. The third-order valence-electron chi connectivity index (χ3n) is 2.08. The standard InChI is InChI=1S/C8H17N5O/c1-3-7(14-2)8-10-11-12-13(8)6-4-5-9/h7H,3-6,9H2,1-2H3. The monoisotopic (exact) mass is 199 g/mol. The predicted octanol–water partition coefficient (Wildman–Crippen LogP) is 0.119. The summed E-state index contributed by atoms with van der Waals surface area (Å²) in [5.41, 5.74) is 5.42. The number of tetrazole rings is 1. The van der Waals surface area contributed by atoms with Crippen LogP contribution in [0, 0.1) is 0 Å². The Morgan fingerprint density at radius 2 is 2.36 bits per heavy atom. The average Bonchev–Trinajstić information content (AvgIpc) is 2.65. The molecule has 0 aliphatic carbocycles. The van der Waals surface area contributed by atoms with Gasteiger partial charge in [0.2, 0.25) is 0 Å². The second-order valence-corrected chi connectivity index (χ2v) is 3.04. The molecule has 0 aliphatic rings. The maximum atomic E-state index is 5.42. The molecular formula is C8H17N5O. The summed E-state index contributed by atoms with van der Waals surface area (Å²) >= 11 is 0. The van der Waals surface area contributed by atoms with Crippen LogP contribution in [-0.4, -0.2) is 33.9 Å². The molecule has 6 nitrogen and oxygen atoms in total. The summed E-state index contributed by atoms with van der Waals surface area (Å²) in [5.74, 6) is 0.781. The van der Waals surface area contributed by atoms with Crippen molar-refractivity contribution in [3.05, 3.63) is 5.82 Å². The van der Waals surface area contributed by atoms with Crippen molar-refractivity contribution in [3.8, 4) is 0 Å². The Bertz CT molecular complexity index is 258. The van der Waals surface area contributed by atoms with E-state index in [1.165, 1.54) is 0 Å². The van der Waals surface area contributed by atoms with E-state index in [0.29, 0.717) is 6.54 Å². The van der Waals surface area contributed by atoms with E-state index in [9.17, 15) is 0 Å². The number of hydrogen-bond donors (Lipinski definition) is 1. The van der Waals surface area contributed by atoms with Gasteiger partial charge in [-0.05, 0) is 29.8 Å². The number of aromatic nitrogens is 4. The van der Waals surface area contributed by atoms with Crippen LogP contribution in [0.15, 0.2) is 0 Å². The summed E-state index contributed by atoms with van der Waals surface area (Å²) < 4.78 is 7.02. The van der Waals surface area contributed by atoms with E-state index < -0.39 is 0 Å². The highest BCUT2D eigenvalue weighted by atomic mass is 16.5. The highest BCUT2D eigenvalue weighted by molar-refractivity contribution is 4.87. The largest absolute Gasteiger partial charge is 0.373 e. The summed E-state index contributed by atoms with van der Waals surface area (Å²) in [7, 11) is 1.66. The van der Waals surface area contributed by atoms with E-state index in [2.05, 4.69) is 15.5 Å². The molecule has 0 aromatic carbocycles. The smallest absolute Gasteiger partial charge is 0.180 e. The number of methoxy groups -OCH3 is 1. The fraction of sp³-hybridized carbons (Fsp3) is 0.875. The zero-order chi connectivity index (χ0) is 10.4. The van der Waals surface area contributed by atoms with Crippen LogP contribution in [0.5, 0.6) is 0 Å². The molecule has 1 aromatic rings. The van der Waals surface area contributed by atoms with Gasteiger partial charge in [0.25, 0.3) is 0 Å². The molecule has 0 spiro atoms. The summed E-state index contributed by atoms with van der Waals surface area (Å²) in [6, 6.07) is 0. The Morgan fingerprint density at radius 1 is 1.57 bits per heavy atom. The van der Waals surface area contributed by atoms with Gasteiger partial charge in [-0.25, -0.2) is 4.68 Å². The molecule has 2 N–H and O–H groups in total. The first-order valence-electron chi connectivity index (χ1n) is 4.82. The summed E-state index contributed by atoms with van der Waals surface area (Å²) in [6.07, 6.45) is 1.71. The third kappa shape index (κ3) is 2.49. The fourth-order valence-corrected chi connectivity index (χ4v) is 1.30. The quantitative estimate of drug-likeness (QED) is 0.704. The first-order chi connectivity index (χ1) is 6.83. The van der Waals surface area contributed by atoms with Crippen LogP contribution in [0.4, 0.5) is 0 Å². The van der Waals surface area contributed by atoms with E-state index in [4.69, 9.17) is 10.5 Å². The molecule has 0 saturated heterocycles. The minimum absolute atomic E-state index is 0.0252. The van der Waals surface area contributed by atoms with E-state index in [-0.39, 0.29) is 6.10 Å². The molecule has 1 heterocycles. The van der Waals surface area contributed by atoms with Crippen LogP contribution in [0.2, 0.25) is 0 Å². The molecule has 1 aromatic heterocycles. The van der Waals surface area contributed by atoms with Gasteiger partial charge in [-0.15, -0.1) is 5.10 Å². The second kappa shape index (κ2) is 5.66. The van der Waals surface area contributed by atoms with Crippen molar-refractivity contribution in [2.75, 3.05) is 13.7 Å². The summed E-state index contributed by atoms with van der Waals surface area (Å²) in [5, 5.41) is 11.5. The van der Waals surface area contributed by atoms with Crippen molar-refractivity contribution in [3.63, 3.8) is 0 Å². The number of ether oxygens (including phenoxy) is 1. The lowest BCUT2D eigenvalue weighted by atomic mass is 10.2. The second-order valence-electron chi connectivity index (χ2n) is 3.04. The lowest BCUT2D eigenvalue weighted by molar-refractivity contribution is 0.0881. The van der Waals surface area contributed by atoms with Crippen molar-refractivity contribution < 1.29 is 4.74 Å². The van der Waals surface area contributed by atoms with E-state index in [1.54, 1.807) is 11.8 Å². The molecule has 0 fully saturated rings. The van der Waals surface area contributed by atoms with Gasteiger partial charge < -0.3 is 10.5 Å². The van der Waals surface area contributed by atoms with Crippen LogP contribution < -0.4 is 5.73 Å². The Balaban J connectivity index is 2.69. The van der Waals surface area contributed by atoms with Crippen LogP contribution in [0.1, 0.15) is 31.7 Å². The lowest BCUT2D eigenvalue weighted by Gasteiger charge is -2.11. The van der Waals surface area contributed by atoms with E-state index >= 15 is 0 Å². The maximum absolute atomic E-state index is 5.42. The summed E-state index contributed by atoms with van der Waals surface area (Å²) in [6.45, 7) is 3.43. The van der Waals surface area contributed by atoms with Gasteiger partial charge >= 0.3 is 0 Å². The van der Waals surface area contributed by atoms with Gasteiger partial charge in [-0.2, -0.15) is 0 Å². The third-order valence-corrected chi connectivity index (χ3v) is 2.08. The van der Waals surface area contributed by atoms with Crippen molar-refractivity contribution >= 4 is 0 Å². The highest BCUT2D eigenvalue weighted by Gasteiger charge is 2.15. The van der Waals surface area contributed by atoms with Crippen LogP contribution in [0.3, 0.4) is 0 Å². The van der Waals surface area contributed by atoms with Gasteiger partial charge in [0.1, 0.15) is 6.10 Å². The molecule has 1 rings (SSSR count). The van der Waals surface area contributed by atoms with Crippen LogP contribution in [-0.2, 0) is 11.3 Å². The fourth-order valence-electron chi connectivity index (χ4n) is 1.30. The molecule has 0 aliphatic heterocycles. The number of nitrogens with zero attached hydrogens (tertiary/aromatic N) is 4. The van der Waals surface area contributed by atoms with E-state index in [0.717, 1.165) is 25.2 Å². The van der Waals surface area contributed by atoms with Crippen molar-refractivity contribution in [2.24, 2.45) is 5.73 Å². The van der Waals surface area contributed by atoms with Gasteiger partial charge in [0.15, 0.2) is 5.82 Å². The molecule has 80 valence electrons. The lowest BCUT2D eigenvalue weighted by Crippen LogP contribution is -2.14. The van der Waals surface area contributed by atoms with Gasteiger partial charge in [-0.1, -0.05) is 6.92 Å². The molecule has 14 heavy (non-hydrogen) atoms. The topological polar surface area (TPSA) is 78.9 Å². The molecule has 0 bridgehead atoms. The van der Waals surface area contributed by atoms with Gasteiger partial charge in [-0.3, -0.25) is 0 Å². The van der Waals surface area contributed by atoms with Crippen molar-refractivity contribution in [1.82, 2.24) is 20.2 Å². The first kappa shape index (κ1) is 11.1. The number of aryl methyl sites for hydroxylation is 1. The number of hydrogen-bond acceptors (Lipinski definition) is 5. The molecule has 0 amide bonds. The zero-order valence-corrected chi connectivity index (χ0v) is 8.68.